The van der Waals surface area contributed by atoms with Crippen molar-refractivity contribution < 1.29 is 0 Å². The Labute approximate surface area is 174 Å². The standard InChI is InChI=1S/C21H22ClN7/c1-3-17-25-18-19(24-15-8-5-7-14(22)11-15)27-21(28-20(18)26-17)29(2)16-9-4-6-13(10-16)12-23/h4-11H,3,12,23H2,1-2H3,(H2,24,25,26,27,28). The third-order valence-electron chi connectivity index (χ3n) is 4.64. The quantitative estimate of drug-likeness (QED) is 0.434. The molecule has 0 aliphatic rings. The van der Waals surface area contributed by atoms with E-state index >= 15 is 0 Å². The Morgan fingerprint density at radius 1 is 1.10 bits per heavy atom. The van der Waals surface area contributed by atoms with Gasteiger partial charge in [0.2, 0.25) is 5.95 Å². The van der Waals surface area contributed by atoms with Crippen LogP contribution in [0.4, 0.5) is 23.1 Å². The third kappa shape index (κ3) is 4.01. The molecule has 29 heavy (non-hydrogen) atoms. The van der Waals surface area contributed by atoms with Gasteiger partial charge in [-0.2, -0.15) is 9.97 Å². The molecule has 4 rings (SSSR count). The van der Waals surface area contributed by atoms with Crippen molar-refractivity contribution in [1.29, 1.82) is 0 Å². The highest BCUT2D eigenvalue weighted by Crippen LogP contribution is 2.29. The summed E-state index contributed by atoms with van der Waals surface area (Å²) in [6.07, 6.45) is 0.774. The number of benzene rings is 2. The van der Waals surface area contributed by atoms with Crippen LogP contribution in [0.1, 0.15) is 18.3 Å². The number of aromatic nitrogens is 4. The van der Waals surface area contributed by atoms with Gasteiger partial charge in [-0.05, 0) is 35.9 Å². The van der Waals surface area contributed by atoms with Gasteiger partial charge in [-0.25, -0.2) is 4.98 Å². The number of nitrogens with one attached hydrogen (secondary N) is 2. The molecular formula is C21H22ClN7. The summed E-state index contributed by atoms with van der Waals surface area (Å²) < 4.78 is 0. The van der Waals surface area contributed by atoms with Gasteiger partial charge in [-0.3, -0.25) is 0 Å². The molecule has 0 saturated carbocycles. The van der Waals surface area contributed by atoms with Crippen molar-refractivity contribution >= 4 is 45.9 Å². The summed E-state index contributed by atoms with van der Waals surface area (Å²) in [6, 6.07) is 15.5. The lowest BCUT2D eigenvalue weighted by molar-refractivity contribution is 0.996. The van der Waals surface area contributed by atoms with Gasteiger partial charge in [0.1, 0.15) is 5.82 Å². The van der Waals surface area contributed by atoms with Crippen molar-refractivity contribution in [3.8, 4) is 0 Å². The van der Waals surface area contributed by atoms with Crippen molar-refractivity contribution in [1.82, 2.24) is 19.9 Å². The third-order valence-corrected chi connectivity index (χ3v) is 4.87. The maximum atomic E-state index is 6.13. The zero-order chi connectivity index (χ0) is 20.4. The monoisotopic (exact) mass is 407 g/mol. The van der Waals surface area contributed by atoms with Gasteiger partial charge in [0.25, 0.3) is 0 Å². The summed E-state index contributed by atoms with van der Waals surface area (Å²) in [6.45, 7) is 2.52. The number of rotatable bonds is 6. The molecule has 4 N–H and O–H groups in total. The number of H-pyrrole nitrogens is 1. The van der Waals surface area contributed by atoms with Crippen LogP contribution in [0.3, 0.4) is 0 Å². The van der Waals surface area contributed by atoms with E-state index in [0.29, 0.717) is 34.5 Å². The molecule has 4 aromatic rings. The van der Waals surface area contributed by atoms with E-state index in [1.165, 1.54) is 0 Å². The number of hydrogen-bond acceptors (Lipinski definition) is 6. The molecule has 0 spiro atoms. The fourth-order valence-corrected chi connectivity index (χ4v) is 3.24. The van der Waals surface area contributed by atoms with Crippen LogP contribution in [0.15, 0.2) is 48.5 Å². The second kappa shape index (κ2) is 8.06. The molecule has 2 aromatic heterocycles. The number of hydrogen-bond donors (Lipinski definition) is 3. The van der Waals surface area contributed by atoms with Crippen LogP contribution in [0.5, 0.6) is 0 Å². The molecule has 0 aliphatic carbocycles. The maximum Gasteiger partial charge on any atom is 0.233 e. The number of nitrogens with two attached hydrogens (primary N) is 1. The molecule has 0 atom stereocenters. The van der Waals surface area contributed by atoms with Gasteiger partial charge >= 0.3 is 0 Å². The van der Waals surface area contributed by atoms with Crippen LogP contribution in [0.2, 0.25) is 5.02 Å². The summed E-state index contributed by atoms with van der Waals surface area (Å²) in [5.74, 6) is 2.01. The molecule has 0 aliphatic heterocycles. The molecule has 0 fully saturated rings. The topological polar surface area (TPSA) is 95.8 Å². The predicted octanol–water partition coefficient (Wildman–Crippen LogP) is 4.54. The predicted molar refractivity (Wildman–Crippen MR) is 118 cm³/mol. The Bertz CT molecular complexity index is 1150. The first kappa shape index (κ1) is 19.2. The minimum absolute atomic E-state index is 0.476. The lowest BCUT2D eigenvalue weighted by atomic mass is 10.2. The highest BCUT2D eigenvalue weighted by Gasteiger charge is 2.16. The van der Waals surface area contributed by atoms with Crippen molar-refractivity contribution in [2.75, 3.05) is 17.3 Å². The largest absolute Gasteiger partial charge is 0.338 e. The van der Waals surface area contributed by atoms with Gasteiger partial charge in [0.05, 0.1) is 0 Å². The van der Waals surface area contributed by atoms with Crippen LogP contribution >= 0.6 is 11.6 Å². The average Bonchev–Trinajstić information content (AvgIpc) is 3.17. The Morgan fingerprint density at radius 2 is 1.93 bits per heavy atom. The van der Waals surface area contributed by atoms with E-state index in [1.54, 1.807) is 0 Å². The number of nitrogens with zero attached hydrogens (tertiary/aromatic N) is 4. The highest BCUT2D eigenvalue weighted by molar-refractivity contribution is 6.30. The minimum atomic E-state index is 0.476. The first-order chi connectivity index (χ1) is 14.1. The fraction of sp³-hybridized carbons (Fsp3) is 0.190. The normalized spacial score (nSPS) is 11.0. The number of halogens is 1. The Kier molecular flexibility index (Phi) is 5.33. The van der Waals surface area contributed by atoms with E-state index in [2.05, 4.69) is 15.3 Å². The lowest BCUT2D eigenvalue weighted by Crippen LogP contribution is -2.14. The number of fused-ring (bicyclic) bond motifs is 1. The molecule has 7 nitrogen and oxygen atoms in total. The van der Waals surface area contributed by atoms with E-state index < -0.39 is 0 Å². The molecule has 0 saturated heterocycles. The number of aromatic amines is 1. The van der Waals surface area contributed by atoms with Crippen molar-refractivity contribution in [2.45, 2.75) is 19.9 Å². The highest BCUT2D eigenvalue weighted by atomic mass is 35.5. The molecule has 8 heteroatoms. The van der Waals surface area contributed by atoms with E-state index in [4.69, 9.17) is 27.3 Å². The molecule has 2 heterocycles. The number of imidazole rings is 1. The molecular weight excluding hydrogens is 386 g/mol. The van der Waals surface area contributed by atoms with Crippen LogP contribution in [0, 0.1) is 0 Å². The van der Waals surface area contributed by atoms with Crippen molar-refractivity contribution in [2.24, 2.45) is 5.73 Å². The zero-order valence-electron chi connectivity index (χ0n) is 16.3. The smallest absolute Gasteiger partial charge is 0.233 e. The van der Waals surface area contributed by atoms with Crippen LogP contribution in [0.25, 0.3) is 11.2 Å². The minimum Gasteiger partial charge on any atom is -0.338 e. The van der Waals surface area contributed by atoms with E-state index in [-0.39, 0.29) is 0 Å². The maximum absolute atomic E-state index is 6.13. The molecule has 0 bridgehead atoms. The average molecular weight is 408 g/mol. The van der Waals surface area contributed by atoms with Crippen molar-refractivity contribution in [3.05, 3.63) is 64.9 Å². The van der Waals surface area contributed by atoms with Gasteiger partial charge in [0.15, 0.2) is 17.0 Å². The van der Waals surface area contributed by atoms with Crippen LogP contribution in [-0.2, 0) is 13.0 Å². The van der Waals surface area contributed by atoms with E-state index in [0.717, 1.165) is 29.2 Å². The summed E-state index contributed by atoms with van der Waals surface area (Å²) in [7, 11) is 1.93. The zero-order valence-corrected chi connectivity index (χ0v) is 17.0. The first-order valence-corrected chi connectivity index (χ1v) is 9.77. The number of aryl methyl sites for hydroxylation is 1. The van der Waals surface area contributed by atoms with Gasteiger partial charge in [-0.1, -0.05) is 36.7 Å². The van der Waals surface area contributed by atoms with Gasteiger partial charge in [-0.15, -0.1) is 0 Å². The summed E-state index contributed by atoms with van der Waals surface area (Å²) in [5, 5.41) is 3.98. The molecule has 0 unspecified atom stereocenters. The van der Waals surface area contributed by atoms with Crippen LogP contribution < -0.4 is 16.0 Å². The van der Waals surface area contributed by atoms with Crippen molar-refractivity contribution in [3.63, 3.8) is 0 Å². The Hall–Kier alpha value is -3.16. The second-order valence-corrected chi connectivity index (χ2v) is 7.11. The van der Waals surface area contributed by atoms with Gasteiger partial charge in [0, 0.05) is 36.4 Å². The summed E-state index contributed by atoms with van der Waals surface area (Å²) in [4.78, 5) is 19.3. The lowest BCUT2D eigenvalue weighted by Gasteiger charge is -2.19. The summed E-state index contributed by atoms with van der Waals surface area (Å²) in [5.41, 5.74) is 9.99. The van der Waals surface area contributed by atoms with Gasteiger partial charge < -0.3 is 20.9 Å². The first-order valence-electron chi connectivity index (χ1n) is 9.39. The SMILES string of the molecule is CCc1nc2c(Nc3cccc(Cl)c3)nc(N(C)c3cccc(CN)c3)nc2[nH]1. The molecule has 0 amide bonds. The summed E-state index contributed by atoms with van der Waals surface area (Å²) >= 11 is 6.13. The fourth-order valence-electron chi connectivity index (χ4n) is 3.05. The Morgan fingerprint density at radius 3 is 2.69 bits per heavy atom. The van der Waals surface area contributed by atoms with Crippen LogP contribution in [-0.4, -0.2) is 27.0 Å². The Balaban J connectivity index is 1.80. The number of anilines is 4. The molecule has 2 aromatic carbocycles. The van der Waals surface area contributed by atoms with E-state index in [9.17, 15) is 0 Å². The second-order valence-electron chi connectivity index (χ2n) is 6.67. The molecule has 0 radical (unpaired) electrons. The van der Waals surface area contributed by atoms with E-state index in [1.807, 2.05) is 67.4 Å². The molecule has 148 valence electrons.